The molecule has 0 aliphatic carbocycles. The lowest BCUT2D eigenvalue weighted by Gasteiger charge is -2.21. The monoisotopic (exact) mass is 539 g/mol. The fourth-order valence-corrected chi connectivity index (χ4v) is 3.71. The molecule has 206 valence electrons. The predicted octanol–water partition coefficient (Wildman–Crippen LogP) is 2.63. The smallest absolute Gasteiger partial charge is 0.407 e. The minimum absolute atomic E-state index is 0.0538. The molecule has 2 aromatic carbocycles. The van der Waals surface area contributed by atoms with E-state index < -0.39 is 49.0 Å². The van der Waals surface area contributed by atoms with Gasteiger partial charge in [0, 0.05) is 11.9 Å². The Morgan fingerprint density at radius 3 is 2.33 bits per heavy atom. The highest BCUT2D eigenvalue weighted by molar-refractivity contribution is 5.99. The number of para-hydroxylation sites is 1. The summed E-state index contributed by atoms with van der Waals surface area (Å²) in [6.07, 6.45) is 0.232. The van der Waals surface area contributed by atoms with Gasteiger partial charge in [-0.25, -0.2) is 9.59 Å². The summed E-state index contributed by atoms with van der Waals surface area (Å²) in [5, 5.41) is 24.2. The topological polar surface area (TPSA) is 175 Å². The fourth-order valence-electron chi connectivity index (χ4n) is 3.71. The van der Waals surface area contributed by atoms with Crippen LogP contribution in [0.2, 0.25) is 0 Å². The maximum atomic E-state index is 12.9. The third-order valence-electron chi connectivity index (χ3n) is 5.62. The van der Waals surface area contributed by atoms with E-state index in [-0.39, 0.29) is 25.3 Å². The van der Waals surface area contributed by atoms with E-state index in [2.05, 4.69) is 10.6 Å². The first kappa shape index (κ1) is 28.7. The van der Waals surface area contributed by atoms with Crippen molar-refractivity contribution in [2.45, 2.75) is 31.9 Å². The van der Waals surface area contributed by atoms with Gasteiger partial charge in [0.15, 0.2) is 5.76 Å². The van der Waals surface area contributed by atoms with Crippen LogP contribution in [0.4, 0.5) is 4.79 Å². The minimum atomic E-state index is -1.35. The molecule has 0 fully saturated rings. The summed E-state index contributed by atoms with van der Waals surface area (Å²) < 4.78 is 10.6. The molecule has 0 saturated heterocycles. The van der Waals surface area contributed by atoms with Crippen LogP contribution in [0.3, 0.4) is 0 Å². The lowest BCUT2D eigenvalue weighted by Crippen LogP contribution is -2.48. The number of carboxylic acids is 2. The van der Waals surface area contributed by atoms with Crippen molar-refractivity contribution in [1.29, 1.82) is 0 Å². The molecular formula is C27H29N3O9. The third-order valence-corrected chi connectivity index (χ3v) is 5.62. The first-order valence-electron chi connectivity index (χ1n) is 12.2. The molecule has 1 aromatic heterocycles. The zero-order valence-corrected chi connectivity index (χ0v) is 21.0. The number of nitrogens with one attached hydrogen (secondary N) is 2. The van der Waals surface area contributed by atoms with Gasteiger partial charge < -0.3 is 34.9 Å². The fraction of sp³-hybridized carbons (Fsp3) is 0.296. The van der Waals surface area contributed by atoms with E-state index in [4.69, 9.17) is 9.15 Å². The van der Waals surface area contributed by atoms with Crippen LogP contribution in [0.25, 0.3) is 11.0 Å². The second-order valence-corrected chi connectivity index (χ2v) is 8.65. The molecule has 0 saturated carbocycles. The van der Waals surface area contributed by atoms with Gasteiger partial charge in [-0.2, -0.15) is 0 Å². The number of fused-ring (bicyclic) bond motifs is 1. The van der Waals surface area contributed by atoms with Gasteiger partial charge in [-0.15, -0.1) is 0 Å². The van der Waals surface area contributed by atoms with E-state index in [0.717, 1.165) is 10.5 Å². The van der Waals surface area contributed by atoms with E-state index in [1.165, 1.54) is 6.07 Å². The molecule has 3 aromatic rings. The van der Waals surface area contributed by atoms with Crippen LogP contribution in [0, 0.1) is 0 Å². The summed E-state index contributed by atoms with van der Waals surface area (Å²) in [5.74, 6) is -4.43. The zero-order valence-electron chi connectivity index (χ0n) is 21.0. The van der Waals surface area contributed by atoms with Gasteiger partial charge >= 0.3 is 18.0 Å². The van der Waals surface area contributed by atoms with Gasteiger partial charge in [0.1, 0.15) is 31.3 Å². The summed E-state index contributed by atoms with van der Waals surface area (Å²) in [5.41, 5.74) is 1.26. The van der Waals surface area contributed by atoms with Crippen LogP contribution >= 0.6 is 0 Å². The highest BCUT2D eigenvalue weighted by Crippen LogP contribution is 2.20. The molecule has 12 nitrogen and oxygen atoms in total. The molecule has 0 spiro atoms. The van der Waals surface area contributed by atoms with Crippen LogP contribution < -0.4 is 10.6 Å². The Kier molecular flexibility index (Phi) is 10.4. The van der Waals surface area contributed by atoms with E-state index in [1.54, 1.807) is 24.3 Å². The SMILES string of the molecule is O=C(O)CN(CC(=O)N[C@H](CCCCNC(=O)OCc1ccccc1)C(=O)O)C(=O)c1cc2ccccc2o1. The molecule has 4 N–H and O–H groups in total. The summed E-state index contributed by atoms with van der Waals surface area (Å²) in [7, 11) is 0. The lowest BCUT2D eigenvalue weighted by molar-refractivity contribution is -0.143. The van der Waals surface area contributed by atoms with Gasteiger partial charge in [0.2, 0.25) is 5.91 Å². The molecule has 3 amide bonds. The summed E-state index contributed by atoms with van der Waals surface area (Å²) in [6, 6.07) is 16.1. The van der Waals surface area contributed by atoms with Crippen LogP contribution in [-0.2, 0) is 25.7 Å². The second-order valence-electron chi connectivity index (χ2n) is 8.65. The highest BCUT2D eigenvalue weighted by Gasteiger charge is 2.26. The van der Waals surface area contributed by atoms with Crippen molar-refractivity contribution >= 4 is 40.8 Å². The largest absolute Gasteiger partial charge is 0.480 e. The van der Waals surface area contributed by atoms with Crippen molar-refractivity contribution in [2.75, 3.05) is 19.6 Å². The van der Waals surface area contributed by atoms with E-state index in [0.29, 0.717) is 23.8 Å². The number of alkyl carbamates (subject to hydrolysis) is 1. The Morgan fingerprint density at radius 1 is 0.923 bits per heavy atom. The Bertz CT molecular complexity index is 1270. The number of ether oxygens (including phenoxy) is 1. The summed E-state index contributed by atoms with van der Waals surface area (Å²) in [4.78, 5) is 60.9. The third kappa shape index (κ3) is 9.18. The van der Waals surface area contributed by atoms with Crippen molar-refractivity contribution < 1.29 is 43.3 Å². The van der Waals surface area contributed by atoms with Gasteiger partial charge in [0.05, 0.1) is 0 Å². The molecule has 1 heterocycles. The maximum Gasteiger partial charge on any atom is 0.407 e. The Morgan fingerprint density at radius 2 is 1.64 bits per heavy atom. The second kappa shape index (κ2) is 14.2. The molecular weight excluding hydrogens is 510 g/mol. The van der Waals surface area contributed by atoms with Crippen LogP contribution in [-0.4, -0.2) is 70.6 Å². The van der Waals surface area contributed by atoms with Crippen molar-refractivity contribution in [2.24, 2.45) is 0 Å². The van der Waals surface area contributed by atoms with Crippen LogP contribution in [0.15, 0.2) is 65.1 Å². The number of amides is 3. The molecule has 12 heteroatoms. The number of rotatable bonds is 14. The first-order valence-corrected chi connectivity index (χ1v) is 12.2. The normalized spacial score (nSPS) is 11.4. The molecule has 3 rings (SSSR count). The number of carboxylic acid groups (broad SMARTS) is 2. The maximum absolute atomic E-state index is 12.9. The van der Waals surface area contributed by atoms with Gasteiger partial charge in [-0.3, -0.25) is 14.4 Å². The van der Waals surface area contributed by atoms with E-state index >= 15 is 0 Å². The number of hydrogen-bond donors (Lipinski definition) is 4. The molecule has 0 radical (unpaired) electrons. The number of benzene rings is 2. The summed E-state index contributed by atoms with van der Waals surface area (Å²) in [6.45, 7) is -1.10. The minimum Gasteiger partial charge on any atom is -0.480 e. The Balaban J connectivity index is 1.45. The average molecular weight is 540 g/mol. The number of aliphatic carboxylic acids is 2. The van der Waals surface area contributed by atoms with Crippen LogP contribution in [0.1, 0.15) is 35.4 Å². The van der Waals surface area contributed by atoms with Crippen molar-refractivity contribution in [3.05, 3.63) is 72.0 Å². The van der Waals surface area contributed by atoms with Crippen molar-refractivity contribution in [3.63, 3.8) is 0 Å². The highest BCUT2D eigenvalue weighted by atomic mass is 16.5. The number of nitrogens with zero attached hydrogens (tertiary/aromatic N) is 1. The Hall–Kier alpha value is -4.87. The molecule has 1 atom stereocenters. The number of carbonyl (C=O) groups excluding carboxylic acids is 3. The molecule has 39 heavy (non-hydrogen) atoms. The molecule has 0 aliphatic rings. The van der Waals surface area contributed by atoms with Gasteiger partial charge in [0.25, 0.3) is 5.91 Å². The van der Waals surface area contributed by atoms with Gasteiger partial charge in [-0.05, 0) is 37.0 Å². The van der Waals surface area contributed by atoms with Crippen LogP contribution in [0.5, 0.6) is 0 Å². The van der Waals surface area contributed by atoms with E-state index in [9.17, 15) is 34.2 Å². The van der Waals surface area contributed by atoms with Crippen molar-refractivity contribution in [1.82, 2.24) is 15.5 Å². The molecule has 0 bridgehead atoms. The molecule has 0 unspecified atom stereocenters. The number of furan rings is 1. The predicted molar refractivity (Wildman–Crippen MR) is 138 cm³/mol. The standard InChI is InChI=1S/C27H29N3O9/c31-23(15-30(16-24(32)33)25(34)22-14-19-10-4-5-12-21(19)39-22)29-20(26(35)36)11-6-7-13-28-27(37)38-17-18-8-2-1-3-9-18/h1-5,8-10,12,14,20H,6-7,11,13,15-17H2,(H,28,37)(H,29,31)(H,32,33)(H,35,36)/t20-/m1/s1. The number of unbranched alkanes of at least 4 members (excludes halogenated alkanes) is 1. The number of carbonyl (C=O) groups is 5. The Labute approximate surface area is 223 Å². The first-order chi connectivity index (χ1) is 18.7. The van der Waals surface area contributed by atoms with Gasteiger partial charge in [-0.1, -0.05) is 48.5 Å². The quantitative estimate of drug-likeness (QED) is 0.224. The zero-order chi connectivity index (χ0) is 28.2. The van der Waals surface area contributed by atoms with Crippen molar-refractivity contribution in [3.8, 4) is 0 Å². The lowest BCUT2D eigenvalue weighted by atomic mass is 10.1. The number of hydrogen-bond acceptors (Lipinski definition) is 7. The summed E-state index contributed by atoms with van der Waals surface area (Å²) >= 11 is 0. The molecule has 0 aliphatic heterocycles. The van der Waals surface area contributed by atoms with E-state index in [1.807, 2.05) is 30.3 Å². The average Bonchev–Trinajstić information content (AvgIpc) is 3.35.